The van der Waals surface area contributed by atoms with Crippen LogP contribution in [0.1, 0.15) is 60.3 Å². The molecular weight excluding hydrogens is 144 g/mol. The molecule has 0 aromatic heterocycles. The van der Waals surface area contributed by atoms with Crippen molar-refractivity contribution in [1.29, 1.82) is 0 Å². The van der Waals surface area contributed by atoms with E-state index in [4.69, 9.17) is 0 Å². The van der Waals surface area contributed by atoms with Crippen LogP contribution in [0.3, 0.4) is 0 Å². The van der Waals surface area contributed by atoms with Crippen LogP contribution in [-0.2, 0) is 0 Å². The predicted molar refractivity (Wildman–Crippen MR) is 57.3 cm³/mol. The third-order valence-electron chi connectivity index (χ3n) is 3.32. The fourth-order valence-electron chi connectivity index (χ4n) is 1.53. The van der Waals surface area contributed by atoms with Gasteiger partial charge in [0.2, 0.25) is 0 Å². The third kappa shape index (κ3) is 4.79. The van der Waals surface area contributed by atoms with Crippen molar-refractivity contribution in [2.24, 2.45) is 17.8 Å². The van der Waals surface area contributed by atoms with Crippen LogP contribution < -0.4 is 0 Å². The molecule has 0 aliphatic carbocycles. The van der Waals surface area contributed by atoms with Crippen LogP contribution in [0.4, 0.5) is 0 Å². The summed E-state index contributed by atoms with van der Waals surface area (Å²) in [6, 6.07) is 0. The maximum atomic E-state index is 2.38. The van der Waals surface area contributed by atoms with Crippen LogP contribution >= 0.6 is 0 Å². The zero-order valence-corrected chi connectivity index (χ0v) is 9.56. The van der Waals surface area contributed by atoms with E-state index in [0.717, 1.165) is 17.8 Å². The van der Waals surface area contributed by atoms with Gasteiger partial charge in [0.15, 0.2) is 0 Å². The molecule has 0 nitrogen and oxygen atoms in total. The normalized spacial score (nSPS) is 14.2. The molecule has 0 amide bonds. The molecule has 0 N–H and O–H groups in total. The molecule has 0 unspecified atom stereocenters. The van der Waals surface area contributed by atoms with Gasteiger partial charge >= 0.3 is 0 Å². The predicted octanol–water partition coefficient (Wildman–Crippen LogP) is 4.49. The lowest BCUT2D eigenvalue weighted by Crippen LogP contribution is -2.07. The molecule has 0 heterocycles. The van der Waals surface area contributed by atoms with Gasteiger partial charge in [-0.3, -0.25) is 0 Å². The van der Waals surface area contributed by atoms with Crippen molar-refractivity contribution in [1.82, 2.24) is 0 Å². The minimum absolute atomic E-state index is 0.861. The van der Waals surface area contributed by atoms with Gasteiger partial charge in [0, 0.05) is 0 Å². The fraction of sp³-hybridized carbons (Fsp3) is 1.00. The lowest BCUT2D eigenvalue weighted by molar-refractivity contribution is 0.333. The Morgan fingerprint density at radius 1 is 0.833 bits per heavy atom. The molecule has 0 aromatic carbocycles. The molecule has 0 heteroatoms. The Morgan fingerprint density at radius 3 is 1.67 bits per heavy atom. The van der Waals surface area contributed by atoms with Gasteiger partial charge in [0.05, 0.1) is 0 Å². The molecule has 0 fully saturated rings. The Bertz CT molecular complexity index is 88.2. The Labute approximate surface area is 78.8 Å². The van der Waals surface area contributed by atoms with E-state index < -0.39 is 0 Å². The van der Waals surface area contributed by atoms with Crippen molar-refractivity contribution >= 4 is 0 Å². The lowest BCUT2D eigenvalue weighted by Gasteiger charge is -2.18. The van der Waals surface area contributed by atoms with Crippen molar-refractivity contribution in [3.8, 4) is 0 Å². The van der Waals surface area contributed by atoms with Gasteiger partial charge < -0.3 is 0 Å². The topological polar surface area (TPSA) is 0 Å². The quantitative estimate of drug-likeness (QED) is 0.551. The number of rotatable bonds is 6. The van der Waals surface area contributed by atoms with Crippen molar-refractivity contribution in [2.45, 2.75) is 60.3 Å². The Kier molecular flexibility index (Phi) is 6.51. The maximum absolute atomic E-state index is 2.38. The molecule has 0 spiro atoms. The Balaban J connectivity index is 3.51. The summed E-state index contributed by atoms with van der Waals surface area (Å²) in [6.07, 6.45) is 5.58. The van der Waals surface area contributed by atoms with E-state index in [-0.39, 0.29) is 0 Å². The van der Waals surface area contributed by atoms with Gasteiger partial charge in [-0.15, -0.1) is 0 Å². The molecule has 0 radical (unpaired) electrons. The summed E-state index contributed by atoms with van der Waals surface area (Å²) in [5, 5.41) is 0. The minimum atomic E-state index is 0.861. The maximum Gasteiger partial charge on any atom is -0.0419 e. The summed E-state index contributed by atoms with van der Waals surface area (Å²) in [7, 11) is 0. The molecule has 0 aromatic rings. The van der Waals surface area contributed by atoms with E-state index in [1.807, 2.05) is 0 Å². The van der Waals surface area contributed by atoms with Gasteiger partial charge in [-0.25, -0.2) is 0 Å². The van der Waals surface area contributed by atoms with Gasteiger partial charge in [-0.1, -0.05) is 60.3 Å². The largest absolute Gasteiger partial charge is 0.0651 e. The van der Waals surface area contributed by atoms with E-state index in [1.54, 1.807) is 0 Å². The average Bonchev–Trinajstić information content (AvgIpc) is 2.05. The van der Waals surface area contributed by atoms with Gasteiger partial charge in [-0.2, -0.15) is 0 Å². The van der Waals surface area contributed by atoms with Crippen molar-refractivity contribution in [3.05, 3.63) is 0 Å². The van der Waals surface area contributed by atoms with E-state index in [0.29, 0.717) is 0 Å². The molecule has 0 aliphatic heterocycles. The summed E-state index contributed by atoms with van der Waals surface area (Å²) >= 11 is 0. The second kappa shape index (κ2) is 6.51. The molecule has 0 saturated heterocycles. The van der Waals surface area contributed by atoms with Crippen LogP contribution in [0.15, 0.2) is 0 Å². The Morgan fingerprint density at radius 2 is 1.33 bits per heavy atom. The summed E-state index contributed by atoms with van der Waals surface area (Å²) in [5.41, 5.74) is 0. The molecule has 0 saturated carbocycles. The highest BCUT2D eigenvalue weighted by Crippen LogP contribution is 2.22. The first-order valence-corrected chi connectivity index (χ1v) is 5.61. The van der Waals surface area contributed by atoms with Crippen LogP contribution in [0, 0.1) is 17.8 Å². The third-order valence-corrected chi connectivity index (χ3v) is 3.32. The molecule has 0 bridgehead atoms. The lowest BCUT2D eigenvalue weighted by atomic mass is 9.88. The first-order valence-electron chi connectivity index (χ1n) is 5.61. The molecule has 0 rings (SSSR count). The van der Waals surface area contributed by atoms with Gasteiger partial charge in [0.1, 0.15) is 0 Å². The second-order valence-corrected chi connectivity index (χ2v) is 4.48. The fourth-order valence-corrected chi connectivity index (χ4v) is 1.53. The Hall–Kier alpha value is 0. The highest BCUT2D eigenvalue weighted by molar-refractivity contribution is 4.61. The number of hydrogen-bond acceptors (Lipinski definition) is 0. The molecule has 0 aliphatic rings. The average molecular weight is 170 g/mol. The van der Waals surface area contributed by atoms with E-state index in [9.17, 15) is 0 Å². The monoisotopic (exact) mass is 170 g/mol. The van der Waals surface area contributed by atoms with Crippen molar-refractivity contribution < 1.29 is 0 Å². The standard InChI is InChI=1S/C12H26/c1-6-12(7-2)9-8-11(5)10(3)4/h10-12H,6-9H2,1-5H3/t11-/m1/s1. The van der Waals surface area contributed by atoms with E-state index in [2.05, 4.69) is 34.6 Å². The zero-order chi connectivity index (χ0) is 9.56. The van der Waals surface area contributed by atoms with Crippen molar-refractivity contribution in [3.63, 3.8) is 0 Å². The molecule has 74 valence electrons. The minimum Gasteiger partial charge on any atom is -0.0651 e. The second-order valence-electron chi connectivity index (χ2n) is 4.48. The summed E-state index contributed by atoms with van der Waals surface area (Å²) in [6.45, 7) is 11.7. The summed E-state index contributed by atoms with van der Waals surface area (Å²) in [5.74, 6) is 2.75. The molecule has 1 atom stereocenters. The van der Waals surface area contributed by atoms with Crippen molar-refractivity contribution in [2.75, 3.05) is 0 Å². The van der Waals surface area contributed by atoms with Crippen LogP contribution in [-0.4, -0.2) is 0 Å². The number of hydrogen-bond donors (Lipinski definition) is 0. The van der Waals surface area contributed by atoms with Crippen LogP contribution in [0.25, 0.3) is 0 Å². The highest BCUT2D eigenvalue weighted by atomic mass is 14.2. The van der Waals surface area contributed by atoms with E-state index in [1.165, 1.54) is 25.7 Å². The summed E-state index contributed by atoms with van der Waals surface area (Å²) < 4.78 is 0. The van der Waals surface area contributed by atoms with Gasteiger partial charge in [0.25, 0.3) is 0 Å². The zero-order valence-electron chi connectivity index (χ0n) is 9.56. The molecule has 12 heavy (non-hydrogen) atoms. The smallest absolute Gasteiger partial charge is 0.0419 e. The van der Waals surface area contributed by atoms with Gasteiger partial charge in [-0.05, 0) is 17.8 Å². The first kappa shape index (κ1) is 12.0. The van der Waals surface area contributed by atoms with E-state index >= 15 is 0 Å². The SMILES string of the molecule is CCC(CC)CC[C@@H](C)C(C)C. The van der Waals surface area contributed by atoms with Crippen LogP contribution in [0.5, 0.6) is 0 Å². The van der Waals surface area contributed by atoms with Crippen LogP contribution in [0.2, 0.25) is 0 Å². The summed E-state index contributed by atoms with van der Waals surface area (Å²) in [4.78, 5) is 0. The highest BCUT2D eigenvalue weighted by Gasteiger charge is 2.09. The molecular formula is C12H26. The first-order chi connectivity index (χ1) is 5.61.